The monoisotopic (exact) mass is 437 g/mol. The molecule has 1 atom stereocenters. The molecule has 0 aliphatic carbocycles. The summed E-state index contributed by atoms with van der Waals surface area (Å²) in [6.45, 7) is 7.30. The highest BCUT2D eigenvalue weighted by Gasteiger charge is 2.46. The molecule has 0 saturated carbocycles. The number of aryl methyl sites for hydroxylation is 2. The first-order valence-corrected chi connectivity index (χ1v) is 11.0. The van der Waals surface area contributed by atoms with Crippen LogP contribution in [0, 0.1) is 13.8 Å². The lowest BCUT2D eigenvalue weighted by Crippen LogP contribution is -2.31. The molecular formula is C26H31NO5. The third-order valence-corrected chi connectivity index (χ3v) is 5.68. The molecule has 1 saturated heterocycles. The lowest BCUT2D eigenvalue weighted by Gasteiger charge is -2.26. The van der Waals surface area contributed by atoms with Crippen LogP contribution in [0.5, 0.6) is 5.75 Å². The lowest BCUT2D eigenvalue weighted by atomic mass is 9.92. The Morgan fingerprint density at radius 2 is 1.81 bits per heavy atom. The van der Waals surface area contributed by atoms with E-state index in [1.165, 1.54) is 0 Å². The second-order valence-corrected chi connectivity index (χ2v) is 8.02. The fourth-order valence-corrected chi connectivity index (χ4v) is 4.03. The van der Waals surface area contributed by atoms with Gasteiger partial charge < -0.3 is 19.5 Å². The molecule has 6 nitrogen and oxygen atoms in total. The molecule has 0 spiro atoms. The van der Waals surface area contributed by atoms with Gasteiger partial charge in [0.05, 0.1) is 18.2 Å². The predicted octanol–water partition coefficient (Wildman–Crippen LogP) is 4.55. The van der Waals surface area contributed by atoms with Crippen molar-refractivity contribution in [3.63, 3.8) is 0 Å². The molecule has 170 valence electrons. The number of Topliss-reactive ketones (excluding diaryl/α,β-unsaturated/α-hetero) is 1. The summed E-state index contributed by atoms with van der Waals surface area (Å²) < 4.78 is 10.9. The zero-order chi connectivity index (χ0) is 23.3. The minimum Gasteiger partial charge on any atom is -0.507 e. The van der Waals surface area contributed by atoms with Crippen molar-refractivity contribution in [3.8, 4) is 5.75 Å². The Morgan fingerprint density at radius 1 is 1.06 bits per heavy atom. The van der Waals surface area contributed by atoms with Gasteiger partial charge in [0.1, 0.15) is 11.5 Å². The van der Waals surface area contributed by atoms with E-state index in [4.69, 9.17) is 9.47 Å². The van der Waals surface area contributed by atoms with Gasteiger partial charge in [-0.1, -0.05) is 31.2 Å². The summed E-state index contributed by atoms with van der Waals surface area (Å²) in [5.41, 5.74) is 3.22. The third-order valence-electron chi connectivity index (χ3n) is 5.68. The Kier molecular flexibility index (Phi) is 7.70. The Labute approximate surface area is 189 Å². The topological polar surface area (TPSA) is 76.1 Å². The largest absolute Gasteiger partial charge is 0.507 e. The van der Waals surface area contributed by atoms with E-state index in [2.05, 4.69) is 0 Å². The standard InChI is InChI=1S/C26H31NO5/c1-5-14-32-21-12-11-19(16-18(21)3)24(28)22-23(20-10-7-6-9-17(20)2)27(13-8-15-31-4)26(30)25(22)29/h6-7,9-12,16,23,28H,5,8,13-15H2,1-4H3/b24-22+. The van der Waals surface area contributed by atoms with Gasteiger partial charge >= 0.3 is 0 Å². The molecule has 1 aliphatic heterocycles. The lowest BCUT2D eigenvalue weighted by molar-refractivity contribution is -0.140. The van der Waals surface area contributed by atoms with Gasteiger partial charge in [-0.25, -0.2) is 0 Å². The first kappa shape index (κ1) is 23.5. The number of benzene rings is 2. The number of carbonyl (C=O) groups is 2. The molecule has 1 N–H and O–H groups in total. The number of aliphatic hydroxyl groups excluding tert-OH is 1. The van der Waals surface area contributed by atoms with E-state index in [9.17, 15) is 14.7 Å². The average molecular weight is 438 g/mol. The van der Waals surface area contributed by atoms with Crippen LogP contribution >= 0.6 is 0 Å². The first-order valence-electron chi connectivity index (χ1n) is 11.0. The van der Waals surface area contributed by atoms with Gasteiger partial charge in [-0.3, -0.25) is 9.59 Å². The van der Waals surface area contributed by atoms with Crippen LogP contribution in [0.2, 0.25) is 0 Å². The third kappa shape index (κ3) is 4.70. The van der Waals surface area contributed by atoms with Gasteiger partial charge in [0.2, 0.25) is 0 Å². The van der Waals surface area contributed by atoms with Crippen LogP contribution in [0.15, 0.2) is 48.0 Å². The number of ketones is 1. The molecule has 1 aliphatic rings. The Balaban J connectivity index is 2.09. The van der Waals surface area contributed by atoms with Crippen molar-refractivity contribution in [2.75, 3.05) is 26.9 Å². The first-order chi connectivity index (χ1) is 15.4. The molecule has 2 aromatic carbocycles. The molecule has 0 radical (unpaired) electrons. The fraction of sp³-hybridized carbons (Fsp3) is 0.385. The van der Waals surface area contributed by atoms with Gasteiger partial charge in [0.15, 0.2) is 0 Å². The van der Waals surface area contributed by atoms with E-state index < -0.39 is 17.7 Å². The Bertz CT molecular complexity index is 1030. The summed E-state index contributed by atoms with van der Waals surface area (Å²) in [4.78, 5) is 27.6. The molecule has 1 heterocycles. The normalized spacial score (nSPS) is 17.8. The highest BCUT2D eigenvalue weighted by Crippen LogP contribution is 2.40. The van der Waals surface area contributed by atoms with Crippen molar-refractivity contribution >= 4 is 17.4 Å². The maximum absolute atomic E-state index is 13.1. The van der Waals surface area contributed by atoms with E-state index in [1.54, 1.807) is 30.2 Å². The second-order valence-electron chi connectivity index (χ2n) is 8.02. The van der Waals surface area contributed by atoms with Gasteiger partial charge in [-0.2, -0.15) is 0 Å². The average Bonchev–Trinajstić information content (AvgIpc) is 3.03. The van der Waals surface area contributed by atoms with Crippen molar-refractivity contribution < 1.29 is 24.2 Å². The number of nitrogens with zero attached hydrogens (tertiary/aromatic N) is 1. The highest BCUT2D eigenvalue weighted by atomic mass is 16.5. The summed E-state index contributed by atoms with van der Waals surface area (Å²) in [5.74, 6) is -0.706. The summed E-state index contributed by atoms with van der Waals surface area (Å²) in [5, 5.41) is 11.2. The molecule has 3 rings (SSSR count). The van der Waals surface area contributed by atoms with Crippen molar-refractivity contribution in [2.24, 2.45) is 0 Å². The minimum atomic E-state index is -0.669. The fourth-order valence-electron chi connectivity index (χ4n) is 4.03. The minimum absolute atomic E-state index is 0.114. The molecule has 1 fully saturated rings. The van der Waals surface area contributed by atoms with E-state index >= 15 is 0 Å². The maximum atomic E-state index is 13.1. The number of likely N-dealkylation sites (tertiary alicyclic amines) is 1. The van der Waals surface area contributed by atoms with Gasteiger partial charge in [0, 0.05) is 25.8 Å². The van der Waals surface area contributed by atoms with E-state index in [0.29, 0.717) is 31.7 Å². The van der Waals surface area contributed by atoms with Crippen LogP contribution in [-0.4, -0.2) is 48.6 Å². The number of ether oxygens (including phenoxy) is 2. The van der Waals surface area contributed by atoms with Gasteiger partial charge in [0.25, 0.3) is 11.7 Å². The van der Waals surface area contributed by atoms with Gasteiger partial charge in [-0.15, -0.1) is 0 Å². The zero-order valence-corrected chi connectivity index (χ0v) is 19.2. The molecule has 0 aromatic heterocycles. The van der Waals surface area contributed by atoms with Crippen molar-refractivity contribution in [1.29, 1.82) is 0 Å². The molecule has 6 heteroatoms. The molecule has 0 bridgehead atoms. The van der Waals surface area contributed by atoms with Crippen molar-refractivity contribution in [2.45, 2.75) is 39.7 Å². The van der Waals surface area contributed by atoms with Crippen LogP contribution in [-0.2, 0) is 14.3 Å². The molecular weight excluding hydrogens is 406 g/mol. The summed E-state index contributed by atoms with van der Waals surface area (Å²) in [7, 11) is 1.60. The van der Waals surface area contributed by atoms with Crippen LogP contribution in [0.3, 0.4) is 0 Å². The summed E-state index contributed by atoms with van der Waals surface area (Å²) >= 11 is 0. The SMILES string of the molecule is CCCOc1ccc(/C(O)=C2\C(=O)C(=O)N(CCCOC)C2c2ccccc2C)cc1C. The Morgan fingerprint density at radius 3 is 2.47 bits per heavy atom. The number of rotatable bonds is 9. The number of carbonyl (C=O) groups excluding carboxylic acids is 2. The summed E-state index contributed by atoms with van der Waals surface area (Å²) in [6.07, 6.45) is 1.48. The number of amides is 1. The number of aliphatic hydroxyl groups is 1. The zero-order valence-electron chi connectivity index (χ0n) is 19.2. The number of hydrogen-bond donors (Lipinski definition) is 1. The highest BCUT2D eigenvalue weighted by molar-refractivity contribution is 6.46. The smallest absolute Gasteiger partial charge is 0.295 e. The molecule has 32 heavy (non-hydrogen) atoms. The molecule has 1 unspecified atom stereocenters. The van der Waals surface area contributed by atoms with Crippen molar-refractivity contribution in [1.82, 2.24) is 4.90 Å². The maximum Gasteiger partial charge on any atom is 0.295 e. The van der Waals surface area contributed by atoms with Crippen LogP contribution < -0.4 is 4.74 Å². The van der Waals surface area contributed by atoms with Crippen molar-refractivity contribution in [3.05, 3.63) is 70.3 Å². The van der Waals surface area contributed by atoms with E-state index in [-0.39, 0.29) is 11.3 Å². The quantitative estimate of drug-likeness (QED) is 0.270. The Hall–Kier alpha value is -3.12. The van der Waals surface area contributed by atoms with Crippen LogP contribution in [0.25, 0.3) is 5.76 Å². The molecule has 1 amide bonds. The van der Waals surface area contributed by atoms with Crippen LogP contribution in [0.4, 0.5) is 0 Å². The number of hydrogen-bond acceptors (Lipinski definition) is 5. The second kappa shape index (κ2) is 10.5. The number of methoxy groups -OCH3 is 1. The van der Waals surface area contributed by atoms with E-state index in [1.807, 2.05) is 45.0 Å². The van der Waals surface area contributed by atoms with E-state index in [0.717, 1.165) is 28.9 Å². The predicted molar refractivity (Wildman–Crippen MR) is 124 cm³/mol. The van der Waals surface area contributed by atoms with Crippen LogP contribution in [0.1, 0.15) is 48.1 Å². The van der Waals surface area contributed by atoms with Gasteiger partial charge in [-0.05, 0) is 61.6 Å². The molecule has 2 aromatic rings. The summed E-state index contributed by atoms with van der Waals surface area (Å²) in [6, 6.07) is 12.3.